The lowest BCUT2D eigenvalue weighted by Crippen LogP contribution is -2.78. The molecule has 4 aliphatic carbocycles. The number of benzene rings is 8. The molecule has 8 aromatic carbocycles. The second-order valence-corrected chi connectivity index (χ2v) is 27.5. The molecule has 2 N–H and O–H groups in total. The van der Waals surface area contributed by atoms with Crippen LogP contribution in [0, 0.1) is 99.1 Å². The summed E-state index contributed by atoms with van der Waals surface area (Å²) < 4.78 is 271. The highest BCUT2D eigenvalue weighted by Crippen LogP contribution is 2.45. The van der Waals surface area contributed by atoms with Crippen molar-refractivity contribution in [2.45, 2.75) is 212 Å². The van der Waals surface area contributed by atoms with Gasteiger partial charge < -0.3 is 19.3 Å². The van der Waals surface area contributed by atoms with Crippen LogP contribution in [0.5, 0.6) is 17.2 Å². The van der Waals surface area contributed by atoms with E-state index in [1.165, 1.54) is 43.5 Å². The lowest BCUT2D eigenvalue weighted by molar-refractivity contribution is -0.573. The maximum Gasteiger partial charge on any atom is 0.864 e. The molecule has 103 heavy (non-hydrogen) atoms. The molecule has 0 amide bonds. The van der Waals surface area contributed by atoms with Gasteiger partial charge in [0.2, 0.25) is 0 Å². The molecular weight excluding hydrogens is 1360 g/mol. The van der Waals surface area contributed by atoms with Crippen molar-refractivity contribution in [3.8, 4) is 61.8 Å². The normalized spacial score (nSPS) is 14.4. The average molecular weight is 1440 g/mol. The molecule has 0 radical (unpaired) electrons. The van der Waals surface area contributed by atoms with Crippen LogP contribution in [0.25, 0.3) is 44.5 Å². The summed E-state index contributed by atoms with van der Waals surface area (Å²) in [6, 6.07) is 12.3. The van der Waals surface area contributed by atoms with E-state index < -0.39 is 157 Å². The van der Waals surface area contributed by atoms with E-state index in [-0.39, 0.29) is 102 Å². The van der Waals surface area contributed by atoms with Crippen molar-refractivity contribution in [3.63, 3.8) is 0 Å². The molecule has 0 saturated carbocycles. The van der Waals surface area contributed by atoms with Gasteiger partial charge >= 0.3 is 7.32 Å². The van der Waals surface area contributed by atoms with Crippen LogP contribution >= 0.6 is 0 Å². The van der Waals surface area contributed by atoms with Crippen LogP contribution in [0.4, 0.5) is 75.9 Å². The lowest BCUT2D eigenvalue weighted by atomic mass is 9.90. The molecule has 21 heteroatoms. The third-order valence-electron chi connectivity index (χ3n) is 20.3. The topological polar surface area (TPSA) is 44.3 Å². The van der Waals surface area contributed by atoms with Gasteiger partial charge in [-0.25, -0.2) is 65.9 Å². The monoisotopic (exact) mass is 1440 g/mol. The Labute approximate surface area is 591 Å². The Hall–Kier alpha value is -7.94. The van der Waals surface area contributed by atoms with Crippen molar-refractivity contribution in [2.75, 3.05) is 6.54 Å². The third-order valence-corrected chi connectivity index (χ3v) is 20.3. The predicted molar refractivity (Wildman–Crippen MR) is 366 cm³/mol. The lowest BCUT2D eigenvalue weighted by Gasteiger charge is -2.22. The minimum Gasteiger partial charge on any atom is -0.487 e. The van der Waals surface area contributed by atoms with Crippen molar-refractivity contribution in [3.05, 3.63) is 210 Å². The number of fused-ring (bicyclic) bond motifs is 8. The van der Waals surface area contributed by atoms with Crippen LogP contribution in [0.15, 0.2) is 66.7 Å². The molecule has 8 aromatic rings. The number of unbranched alkanes of at least 4 members (excludes halogenated alkanes) is 11. The summed E-state index contributed by atoms with van der Waals surface area (Å²) in [4.78, 5) is 0. The molecular formula is C82H82BF16NO3. The van der Waals surface area contributed by atoms with E-state index in [0.29, 0.717) is 94.7 Å². The SMILES string of the molecule is CCCCCCCCCCCCCC[NH2+]c1cc(OB(Oc2ccc(F)c(-c3cc4c(F)c(c3F)CCCCC4)c2F)Oc2ccc(F)c(-c3cc4c(F)c(c3F)CCCCC4)c2F)c(F)c(-c2cc3c(F)c(c2F)CCCCC3)c1F.Fc1[c-]ccc(F)c1-c1cc2c(F)c(c1F)CCCCC2. The van der Waals surface area contributed by atoms with Crippen molar-refractivity contribution in [1.82, 2.24) is 0 Å². The largest absolute Gasteiger partial charge is 0.864 e. The summed E-state index contributed by atoms with van der Waals surface area (Å²) in [5.41, 5.74) is -6.71. The molecule has 0 unspecified atom stereocenters. The molecule has 548 valence electrons. The fraction of sp³-hybridized carbons (Fsp3) is 0.415. The van der Waals surface area contributed by atoms with E-state index in [1.54, 1.807) is 0 Å². The van der Waals surface area contributed by atoms with Gasteiger partial charge in [-0.1, -0.05) is 108 Å². The van der Waals surface area contributed by atoms with Crippen LogP contribution in [-0.4, -0.2) is 13.9 Å². The number of rotatable bonds is 24. The molecule has 8 bridgehead atoms. The first-order chi connectivity index (χ1) is 49.8. The van der Waals surface area contributed by atoms with E-state index in [2.05, 4.69) is 13.0 Å². The second kappa shape index (κ2) is 35.2. The van der Waals surface area contributed by atoms with Crippen molar-refractivity contribution in [2.24, 2.45) is 0 Å². The Kier molecular flexibility index (Phi) is 26.1. The molecule has 4 aliphatic rings. The Morgan fingerprint density at radius 1 is 0.320 bits per heavy atom. The molecule has 4 nitrogen and oxygen atoms in total. The number of hydrogen-bond acceptors (Lipinski definition) is 3. The highest BCUT2D eigenvalue weighted by molar-refractivity contribution is 6.39. The molecule has 0 atom stereocenters. The van der Waals surface area contributed by atoms with E-state index in [9.17, 15) is 17.6 Å². The van der Waals surface area contributed by atoms with E-state index >= 15 is 52.7 Å². The highest BCUT2D eigenvalue weighted by atomic mass is 19.2. The maximum absolute atomic E-state index is 17.6. The summed E-state index contributed by atoms with van der Waals surface area (Å²) in [5.74, 6) is -21.0. The molecule has 0 aromatic heterocycles. The third kappa shape index (κ3) is 17.2. The maximum atomic E-state index is 17.6. The molecule has 0 aliphatic heterocycles. The number of quaternary nitrogens is 1. The van der Waals surface area contributed by atoms with Gasteiger partial charge in [0.25, 0.3) is 0 Å². The summed E-state index contributed by atoms with van der Waals surface area (Å²) in [5, 5.41) is 1.44. The average Bonchev–Trinajstić information content (AvgIpc) is 0.772. The van der Waals surface area contributed by atoms with E-state index in [1.807, 2.05) is 0 Å². The molecule has 12 rings (SSSR count). The Morgan fingerprint density at radius 2 is 0.650 bits per heavy atom. The number of halogens is 16. The highest BCUT2D eigenvalue weighted by Gasteiger charge is 2.39. The quantitative estimate of drug-likeness (QED) is 0.0216. The van der Waals surface area contributed by atoms with Gasteiger partial charge in [-0.15, -0.1) is 12.1 Å². The molecule has 0 saturated heterocycles. The predicted octanol–water partition coefficient (Wildman–Crippen LogP) is 23.6. The van der Waals surface area contributed by atoms with Crippen LogP contribution in [0.3, 0.4) is 0 Å². The summed E-state index contributed by atoms with van der Waals surface area (Å²) in [6.07, 6.45) is 20.6. The van der Waals surface area contributed by atoms with Crippen LogP contribution in [0.1, 0.15) is 206 Å². The van der Waals surface area contributed by atoms with Crippen LogP contribution in [0.2, 0.25) is 0 Å². The minimum atomic E-state index is -2.64. The molecule has 0 fully saturated rings. The minimum absolute atomic E-state index is 0.0142. The van der Waals surface area contributed by atoms with Crippen LogP contribution in [-0.2, 0) is 51.4 Å². The van der Waals surface area contributed by atoms with Gasteiger partial charge in [-0.3, -0.25) is 0 Å². The Morgan fingerprint density at radius 3 is 1.04 bits per heavy atom. The number of aryl methyl sites for hydroxylation is 4. The van der Waals surface area contributed by atoms with E-state index in [0.717, 1.165) is 99.9 Å². The first kappa shape index (κ1) is 76.2. The first-order valence-electron chi connectivity index (χ1n) is 36.4. The fourth-order valence-electron chi connectivity index (χ4n) is 14.7. The van der Waals surface area contributed by atoms with Gasteiger partial charge in [-0.2, -0.15) is 10.5 Å². The first-order valence-corrected chi connectivity index (χ1v) is 36.4. The van der Waals surface area contributed by atoms with Crippen molar-refractivity contribution >= 4 is 13.0 Å². The van der Waals surface area contributed by atoms with Gasteiger partial charge in [0.1, 0.15) is 75.4 Å². The fourth-order valence-corrected chi connectivity index (χ4v) is 14.7. The van der Waals surface area contributed by atoms with Crippen molar-refractivity contribution in [1.29, 1.82) is 0 Å². The van der Waals surface area contributed by atoms with Gasteiger partial charge in [0.05, 0.1) is 23.2 Å². The molecule has 0 spiro atoms. The zero-order chi connectivity index (χ0) is 73.0. The smallest absolute Gasteiger partial charge is 0.487 e. The van der Waals surface area contributed by atoms with Gasteiger partial charge in [0.15, 0.2) is 29.0 Å². The Bertz CT molecular complexity index is 4220. The number of nitrogens with two attached hydrogens (primary N) is 1. The summed E-state index contributed by atoms with van der Waals surface area (Å²) >= 11 is 0. The second-order valence-electron chi connectivity index (χ2n) is 27.5. The summed E-state index contributed by atoms with van der Waals surface area (Å²) in [7, 11) is -2.64. The summed E-state index contributed by atoms with van der Waals surface area (Å²) in [6.45, 7) is 2.43. The van der Waals surface area contributed by atoms with E-state index in [4.69, 9.17) is 14.0 Å². The number of hydrogen-bond donors (Lipinski definition) is 1. The zero-order valence-corrected chi connectivity index (χ0v) is 57.6. The molecule has 0 heterocycles. The standard InChI is InChI=1S/C65H68BF12NO3.C17H13F4/c1-2-3-4-5-6-7-8-9-10-11-12-22-33-79-49-37-52(65(78)55(62(49)75)46-36-40-25-18-15-21-28-43(58(40)71)61(46)74)82-66(80-50-31-29-47(67)53(63(50)76)44-34-38-23-16-13-19-26-41(56(38)69)59(44)72)81-51-32-30-48(68)54(64(51)77)45-35-39-24-17-14-20-27-42(57(39)70)60(45)73;18-13-7-4-8-14(19)15(13)12-9-10-5-2-1-3-6-11(16(10)20)17(12)21/h29-32,34-37,79H,2-28,33H2,1H3;4,7,9H,1-3,5-6H2/q;-1/p+1. The van der Waals surface area contributed by atoms with Crippen molar-refractivity contribution < 1.29 is 89.5 Å². The Balaban J connectivity index is 0.000000430. The van der Waals surface area contributed by atoms with Gasteiger partial charge in [-0.05, 0) is 186 Å². The van der Waals surface area contributed by atoms with Crippen LogP contribution < -0.4 is 19.3 Å². The van der Waals surface area contributed by atoms with Gasteiger partial charge in [0, 0.05) is 56.6 Å². The zero-order valence-electron chi connectivity index (χ0n) is 57.6.